The zero-order valence-corrected chi connectivity index (χ0v) is 46.6. The molecular weight excluding hydrogens is 861 g/mol. The molecule has 0 saturated carbocycles. The molecule has 406 valence electrons. The molecule has 9 nitrogen and oxygen atoms in total. The minimum absolute atomic E-state index is 0.00290. The van der Waals surface area contributed by atoms with Gasteiger partial charge in [-0.05, 0) is 84.7 Å². The fraction of sp³-hybridized carbons (Fsp3) is 0.933. The molecule has 0 aromatic heterocycles. The Morgan fingerprint density at radius 1 is 0.464 bits per heavy atom. The average Bonchev–Trinajstić information content (AvgIpc) is 3.35. The van der Waals surface area contributed by atoms with Crippen LogP contribution >= 0.6 is 0 Å². The van der Waals surface area contributed by atoms with Gasteiger partial charge in [-0.1, -0.05) is 220 Å². The van der Waals surface area contributed by atoms with E-state index in [1.807, 2.05) is 4.90 Å². The maximum absolute atomic E-state index is 14.4. The van der Waals surface area contributed by atoms with Crippen molar-refractivity contribution in [3.63, 3.8) is 0 Å². The third-order valence-electron chi connectivity index (χ3n) is 15.1. The lowest BCUT2D eigenvalue weighted by molar-refractivity contribution is -0.174. The molecule has 0 aromatic rings. The molecule has 0 spiro atoms. The first-order valence-corrected chi connectivity index (χ1v) is 30.1. The van der Waals surface area contributed by atoms with Crippen molar-refractivity contribution < 1.29 is 33.4 Å². The van der Waals surface area contributed by atoms with E-state index in [0.29, 0.717) is 38.4 Å². The molecule has 0 N–H and O–H groups in total. The van der Waals surface area contributed by atoms with Gasteiger partial charge in [0.15, 0.2) is 5.41 Å². The predicted octanol–water partition coefficient (Wildman–Crippen LogP) is 16.6. The van der Waals surface area contributed by atoms with Crippen LogP contribution in [0.3, 0.4) is 0 Å². The van der Waals surface area contributed by atoms with Crippen molar-refractivity contribution in [2.45, 2.75) is 316 Å². The maximum Gasteiger partial charge on any atom is 0.323 e. The maximum atomic E-state index is 14.4. The summed E-state index contributed by atoms with van der Waals surface area (Å²) in [5.74, 6) is -1.10. The lowest BCUT2D eigenvalue weighted by Crippen LogP contribution is -2.46. The summed E-state index contributed by atoms with van der Waals surface area (Å²) in [7, 11) is 4.19. The zero-order chi connectivity index (χ0) is 50.5. The second-order valence-corrected chi connectivity index (χ2v) is 21.6. The smallest absolute Gasteiger partial charge is 0.323 e. The number of carbonyl (C=O) groups is 4. The molecule has 0 bridgehead atoms. The first-order valence-electron chi connectivity index (χ1n) is 30.1. The van der Waals surface area contributed by atoms with E-state index >= 15 is 0 Å². The topological polar surface area (TPSA) is 102 Å². The van der Waals surface area contributed by atoms with E-state index < -0.39 is 17.4 Å². The molecule has 1 fully saturated rings. The normalized spacial score (nSPS) is 13.4. The molecule has 69 heavy (non-hydrogen) atoms. The average molecular weight is 976 g/mol. The molecule has 1 aliphatic heterocycles. The minimum Gasteiger partial charge on any atom is -0.465 e. The largest absolute Gasteiger partial charge is 0.465 e. The van der Waals surface area contributed by atoms with Crippen molar-refractivity contribution in [2.75, 3.05) is 40.4 Å². The molecule has 1 heterocycles. The number of rotatable bonds is 49. The summed E-state index contributed by atoms with van der Waals surface area (Å²) in [6.45, 7) is 10.9. The van der Waals surface area contributed by atoms with Gasteiger partial charge in [0.2, 0.25) is 5.91 Å². The Morgan fingerprint density at radius 3 is 1.23 bits per heavy atom. The summed E-state index contributed by atoms with van der Waals surface area (Å²) in [5.41, 5.74) is -1.51. The Bertz CT molecular complexity index is 1170. The van der Waals surface area contributed by atoms with Crippen LogP contribution in [-0.4, -0.2) is 86.2 Å². The molecular formula is C60H114N2O7. The SMILES string of the molecule is CCCCCCCCCCCOC(=O)C(CCCCCCCC(=O)OC(CCCCCCCC)CCCCCCCC)(CCC(=O)N1CCC(N(C)C)CC1)C(=O)OCCCCCCCCCCC. The molecule has 1 rings (SSSR count). The summed E-state index contributed by atoms with van der Waals surface area (Å²) in [6, 6.07) is 0.451. The van der Waals surface area contributed by atoms with Gasteiger partial charge in [0.1, 0.15) is 6.10 Å². The van der Waals surface area contributed by atoms with Crippen LogP contribution in [-0.2, 0) is 33.4 Å². The van der Waals surface area contributed by atoms with Crippen molar-refractivity contribution in [3.8, 4) is 0 Å². The molecule has 0 aliphatic carbocycles. The van der Waals surface area contributed by atoms with Crippen LogP contribution in [0.2, 0.25) is 0 Å². The van der Waals surface area contributed by atoms with E-state index in [4.69, 9.17) is 14.2 Å². The highest BCUT2D eigenvalue weighted by atomic mass is 16.6. The number of carbonyl (C=O) groups excluding carboxylic acids is 4. The highest BCUT2D eigenvalue weighted by Crippen LogP contribution is 2.36. The van der Waals surface area contributed by atoms with Crippen LogP contribution in [0.25, 0.3) is 0 Å². The number of hydrogen-bond acceptors (Lipinski definition) is 8. The van der Waals surface area contributed by atoms with Crippen LogP contribution in [0.1, 0.15) is 304 Å². The van der Waals surface area contributed by atoms with Crippen LogP contribution in [0, 0.1) is 5.41 Å². The lowest BCUT2D eigenvalue weighted by Gasteiger charge is -2.36. The van der Waals surface area contributed by atoms with Crippen LogP contribution < -0.4 is 0 Å². The van der Waals surface area contributed by atoms with Crippen molar-refractivity contribution in [1.29, 1.82) is 0 Å². The number of amides is 1. The second kappa shape index (κ2) is 45.7. The van der Waals surface area contributed by atoms with Crippen LogP contribution in [0.4, 0.5) is 0 Å². The quantitative estimate of drug-likeness (QED) is 0.0257. The summed E-state index contributed by atoms with van der Waals surface area (Å²) in [4.78, 5) is 59.9. The fourth-order valence-corrected chi connectivity index (χ4v) is 10.2. The molecule has 0 unspecified atom stereocenters. The lowest BCUT2D eigenvalue weighted by atomic mass is 9.78. The van der Waals surface area contributed by atoms with E-state index in [2.05, 4.69) is 46.7 Å². The van der Waals surface area contributed by atoms with E-state index in [-0.39, 0.29) is 44.0 Å². The van der Waals surface area contributed by atoms with Crippen LogP contribution in [0.5, 0.6) is 0 Å². The van der Waals surface area contributed by atoms with Gasteiger partial charge < -0.3 is 24.0 Å². The third-order valence-corrected chi connectivity index (χ3v) is 15.1. The minimum atomic E-state index is -1.51. The Morgan fingerprint density at radius 2 is 0.826 bits per heavy atom. The van der Waals surface area contributed by atoms with Gasteiger partial charge in [-0.3, -0.25) is 19.2 Å². The summed E-state index contributed by atoms with van der Waals surface area (Å²) in [5, 5.41) is 0. The second-order valence-electron chi connectivity index (χ2n) is 21.6. The first kappa shape index (κ1) is 64.9. The number of esters is 3. The van der Waals surface area contributed by atoms with Gasteiger partial charge in [-0.25, -0.2) is 0 Å². The molecule has 9 heteroatoms. The Balaban J connectivity index is 2.95. The number of nitrogens with zero attached hydrogens (tertiary/aromatic N) is 2. The number of likely N-dealkylation sites (tertiary alicyclic amines) is 1. The van der Waals surface area contributed by atoms with Gasteiger partial charge in [0.05, 0.1) is 13.2 Å². The van der Waals surface area contributed by atoms with Crippen molar-refractivity contribution in [3.05, 3.63) is 0 Å². The Hall–Kier alpha value is -2.16. The number of unbranched alkanes of at least 4 members (excludes halogenated alkanes) is 30. The van der Waals surface area contributed by atoms with Crippen molar-refractivity contribution in [1.82, 2.24) is 9.80 Å². The van der Waals surface area contributed by atoms with Gasteiger partial charge >= 0.3 is 17.9 Å². The van der Waals surface area contributed by atoms with Gasteiger partial charge in [-0.15, -0.1) is 0 Å². The van der Waals surface area contributed by atoms with Crippen molar-refractivity contribution in [2.24, 2.45) is 5.41 Å². The van der Waals surface area contributed by atoms with Gasteiger partial charge in [-0.2, -0.15) is 0 Å². The fourth-order valence-electron chi connectivity index (χ4n) is 10.2. The van der Waals surface area contributed by atoms with Crippen LogP contribution in [0.15, 0.2) is 0 Å². The van der Waals surface area contributed by atoms with Gasteiger partial charge in [0, 0.05) is 32.0 Å². The van der Waals surface area contributed by atoms with Gasteiger partial charge in [0.25, 0.3) is 0 Å². The number of piperidine rings is 1. The highest BCUT2D eigenvalue weighted by Gasteiger charge is 2.48. The molecule has 0 radical (unpaired) electrons. The third kappa shape index (κ3) is 34.0. The summed E-state index contributed by atoms with van der Waals surface area (Å²) < 4.78 is 18.2. The number of ether oxygens (including phenoxy) is 3. The van der Waals surface area contributed by atoms with E-state index in [9.17, 15) is 19.2 Å². The molecule has 1 amide bonds. The molecule has 1 saturated heterocycles. The summed E-state index contributed by atoms with van der Waals surface area (Å²) in [6.07, 6.45) is 44.6. The van der Waals surface area contributed by atoms with Crippen molar-refractivity contribution >= 4 is 23.8 Å². The highest BCUT2D eigenvalue weighted by molar-refractivity contribution is 6.00. The van der Waals surface area contributed by atoms with E-state index in [1.165, 1.54) is 141 Å². The Labute approximate surface area is 427 Å². The standard InChI is InChI=1S/C60H114N2O7/c1-7-11-15-19-23-25-27-34-40-52-67-58(65)60(49-45-56(63)62-50-46-54(47-51-62)61(5)6,59(66)68-53-41-35-28-26-24-20-16-12-8-2)48-39-33-29-32-38-44-57(64)69-55(42-36-30-21-17-13-9-3)43-37-31-22-18-14-10-4/h54-55H,7-53H2,1-6H3. The number of hydrogen-bond donors (Lipinski definition) is 0. The zero-order valence-electron chi connectivity index (χ0n) is 46.6. The van der Waals surface area contributed by atoms with E-state index in [0.717, 1.165) is 103 Å². The molecule has 0 atom stereocenters. The molecule has 1 aliphatic rings. The summed E-state index contributed by atoms with van der Waals surface area (Å²) >= 11 is 0. The monoisotopic (exact) mass is 975 g/mol. The predicted molar refractivity (Wildman–Crippen MR) is 290 cm³/mol. The first-order chi connectivity index (χ1) is 33.6. The Kier molecular flexibility index (Phi) is 42.9. The van der Waals surface area contributed by atoms with E-state index in [1.54, 1.807) is 0 Å². The molecule has 0 aromatic carbocycles.